The van der Waals surface area contributed by atoms with Crippen LogP contribution in [0, 0.1) is 17.3 Å². The van der Waals surface area contributed by atoms with Crippen molar-refractivity contribution in [3.63, 3.8) is 0 Å². The number of carbonyl (C=O) groups is 2. The third-order valence-electron chi connectivity index (χ3n) is 5.86. The second-order valence-electron chi connectivity index (χ2n) is 7.08. The van der Waals surface area contributed by atoms with E-state index in [1.807, 2.05) is 0 Å². The SMILES string of the molecule is C[C@H]1CC(=O)[C@@]23CCCNCCC[C@]2(O)C(=O)C[C@H]3C1. The molecule has 2 aliphatic carbocycles. The molecule has 0 radical (unpaired) electrons. The third kappa shape index (κ3) is 1.81. The highest BCUT2D eigenvalue weighted by Gasteiger charge is 2.68. The van der Waals surface area contributed by atoms with Crippen molar-refractivity contribution in [3.8, 4) is 0 Å². The maximum atomic E-state index is 12.8. The molecule has 1 spiro atoms. The maximum absolute atomic E-state index is 12.8. The van der Waals surface area contributed by atoms with Crippen LogP contribution in [0.5, 0.6) is 0 Å². The molecule has 2 saturated carbocycles. The highest BCUT2D eigenvalue weighted by Crippen LogP contribution is 2.59. The van der Waals surface area contributed by atoms with Crippen LogP contribution in [-0.4, -0.2) is 35.4 Å². The molecule has 0 aromatic heterocycles. The second-order valence-corrected chi connectivity index (χ2v) is 7.08. The average Bonchev–Trinajstić information content (AvgIpc) is 2.63. The fraction of sp³-hybridized carbons (Fsp3) is 0.875. The molecular weight excluding hydrogens is 254 g/mol. The molecule has 3 aliphatic rings. The zero-order chi connectivity index (χ0) is 14.4. The summed E-state index contributed by atoms with van der Waals surface area (Å²) in [5.74, 6) is 0.483. The molecule has 0 aromatic carbocycles. The van der Waals surface area contributed by atoms with Gasteiger partial charge in [-0.2, -0.15) is 0 Å². The van der Waals surface area contributed by atoms with Crippen molar-refractivity contribution < 1.29 is 14.7 Å². The molecule has 4 nitrogen and oxygen atoms in total. The van der Waals surface area contributed by atoms with E-state index in [4.69, 9.17) is 0 Å². The van der Waals surface area contributed by atoms with E-state index in [1.165, 1.54) is 0 Å². The van der Waals surface area contributed by atoms with Crippen LogP contribution in [0.4, 0.5) is 0 Å². The first-order valence-electron chi connectivity index (χ1n) is 8.00. The van der Waals surface area contributed by atoms with Crippen molar-refractivity contribution >= 4 is 11.6 Å². The van der Waals surface area contributed by atoms with Gasteiger partial charge in [0.1, 0.15) is 11.4 Å². The quantitative estimate of drug-likeness (QED) is 0.704. The molecule has 20 heavy (non-hydrogen) atoms. The van der Waals surface area contributed by atoms with E-state index in [-0.39, 0.29) is 17.5 Å². The van der Waals surface area contributed by atoms with Crippen molar-refractivity contribution in [2.45, 2.75) is 57.5 Å². The summed E-state index contributed by atoms with van der Waals surface area (Å²) in [5.41, 5.74) is -2.16. The number of Topliss-reactive ketones (excluding diaryl/α,β-unsaturated/α-hetero) is 2. The molecule has 4 atom stereocenters. The Kier molecular flexibility index (Phi) is 3.49. The monoisotopic (exact) mass is 279 g/mol. The number of rotatable bonds is 0. The largest absolute Gasteiger partial charge is 0.381 e. The first-order chi connectivity index (χ1) is 9.50. The van der Waals surface area contributed by atoms with Gasteiger partial charge in [0.05, 0.1) is 5.41 Å². The number of nitrogens with one attached hydrogen (secondary N) is 1. The molecular formula is C16H25NO3. The van der Waals surface area contributed by atoms with Crippen LogP contribution in [0.15, 0.2) is 0 Å². The Morgan fingerprint density at radius 3 is 2.55 bits per heavy atom. The van der Waals surface area contributed by atoms with Crippen LogP contribution >= 0.6 is 0 Å². The van der Waals surface area contributed by atoms with E-state index >= 15 is 0 Å². The van der Waals surface area contributed by atoms with Crippen LogP contribution in [0.2, 0.25) is 0 Å². The number of ketones is 2. The van der Waals surface area contributed by atoms with E-state index in [1.54, 1.807) is 0 Å². The van der Waals surface area contributed by atoms with Crippen LogP contribution in [-0.2, 0) is 9.59 Å². The average molecular weight is 279 g/mol. The molecule has 1 heterocycles. The highest BCUT2D eigenvalue weighted by atomic mass is 16.3. The molecule has 0 aromatic rings. The smallest absolute Gasteiger partial charge is 0.165 e. The minimum absolute atomic E-state index is 0.0642. The summed E-state index contributed by atoms with van der Waals surface area (Å²) >= 11 is 0. The number of carbonyl (C=O) groups excluding carboxylic acids is 2. The van der Waals surface area contributed by atoms with Gasteiger partial charge in [-0.1, -0.05) is 6.92 Å². The van der Waals surface area contributed by atoms with Gasteiger partial charge in [-0.3, -0.25) is 9.59 Å². The standard InChI is InChI=1S/C16H25NO3/c1-11-8-12-10-14(19)16(20)5-3-7-17-6-2-4-15(12,16)13(18)9-11/h11-12,17,20H,2-10H2,1H3/t11-,12-,15+,16+/m1/s1. The van der Waals surface area contributed by atoms with Crippen molar-refractivity contribution in [2.75, 3.05) is 13.1 Å². The van der Waals surface area contributed by atoms with Crippen molar-refractivity contribution in [3.05, 3.63) is 0 Å². The molecule has 0 unspecified atom stereocenters. The maximum Gasteiger partial charge on any atom is 0.165 e. The molecule has 4 heteroatoms. The Balaban J connectivity index is 2.05. The number of hydrogen-bond acceptors (Lipinski definition) is 4. The van der Waals surface area contributed by atoms with Gasteiger partial charge >= 0.3 is 0 Å². The lowest BCUT2D eigenvalue weighted by molar-refractivity contribution is -0.165. The highest BCUT2D eigenvalue weighted by molar-refractivity contribution is 6.01. The summed E-state index contributed by atoms with van der Waals surface area (Å²) < 4.78 is 0. The molecule has 1 aliphatic heterocycles. The third-order valence-corrected chi connectivity index (χ3v) is 5.86. The first-order valence-corrected chi connectivity index (χ1v) is 8.00. The van der Waals surface area contributed by atoms with Crippen molar-refractivity contribution in [1.82, 2.24) is 5.32 Å². The van der Waals surface area contributed by atoms with Gasteiger partial charge in [-0.25, -0.2) is 0 Å². The summed E-state index contributed by atoms with van der Waals surface area (Å²) in [7, 11) is 0. The molecule has 2 N–H and O–H groups in total. The Labute approximate surface area is 120 Å². The summed E-state index contributed by atoms with van der Waals surface area (Å²) in [6, 6.07) is 0. The van der Waals surface area contributed by atoms with Crippen LogP contribution in [0.1, 0.15) is 51.9 Å². The minimum atomic E-state index is -1.39. The summed E-state index contributed by atoms with van der Waals surface area (Å²) in [5, 5.41) is 14.5. The van der Waals surface area contributed by atoms with E-state index in [2.05, 4.69) is 12.2 Å². The Hall–Kier alpha value is -0.740. The Morgan fingerprint density at radius 1 is 1.10 bits per heavy atom. The van der Waals surface area contributed by atoms with Gasteiger partial charge in [-0.15, -0.1) is 0 Å². The minimum Gasteiger partial charge on any atom is -0.381 e. The Bertz CT molecular complexity index is 435. The Morgan fingerprint density at radius 2 is 1.80 bits per heavy atom. The summed E-state index contributed by atoms with van der Waals surface area (Å²) in [4.78, 5) is 25.3. The predicted molar refractivity (Wildman–Crippen MR) is 75.2 cm³/mol. The van der Waals surface area contributed by atoms with Gasteiger partial charge in [0.25, 0.3) is 0 Å². The van der Waals surface area contributed by atoms with Crippen molar-refractivity contribution in [1.29, 1.82) is 0 Å². The molecule has 3 fully saturated rings. The fourth-order valence-electron chi connectivity index (χ4n) is 4.96. The lowest BCUT2D eigenvalue weighted by atomic mass is 9.56. The topological polar surface area (TPSA) is 66.4 Å². The van der Waals surface area contributed by atoms with Crippen LogP contribution < -0.4 is 5.32 Å². The molecule has 0 amide bonds. The van der Waals surface area contributed by atoms with Gasteiger partial charge in [0.2, 0.25) is 0 Å². The van der Waals surface area contributed by atoms with Gasteiger partial charge in [-0.05, 0) is 57.0 Å². The van der Waals surface area contributed by atoms with Gasteiger partial charge in [0, 0.05) is 12.8 Å². The zero-order valence-corrected chi connectivity index (χ0v) is 12.3. The predicted octanol–water partition coefficient (Wildman–Crippen LogP) is 1.46. The fourth-order valence-corrected chi connectivity index (χ4v) is 4.96. The normalized spacial score (nSPS) is 46.1. The molecule has 112 valence electrons. The first kappa shape index (κ1) is 14.2. The van der Waals surface area contributed by atoms with E-state index in [0.29, 0.717) is 31.6 Å². The van der Waals surface area contributed by atoms with E-state index in [0.717, 1.165) is 32.4 Å². The molecule has 3 rings (SSSR count). The molecule has 1 saturated heterocycles. The second kappa shape index (κ2) is 4.92. The van der Waals surface area contributed by atoms with Crippen LogP contribution in [0.3, 0.4) is 0 Å². The number of hydrogen-bond donors (Lipinski definition) is 2. The van der Waals surface area contributed by atoms with E-state index < -0.39 is 11.0 Å². The molecule has 0 bridgehead atoms. The number of aliphatic hydroxyl groups is 1. The lowest BCUT2D eigenvalue weighted by Crippen LogP contribution is -2.57. The van der Waals surface area contributed by atoms with Gasteiger partial charge in [0.15, 0.2) is 5.78 Å². The van der Waals surface area contributed by atoms with Crippen molar-refractivity contribution in [2.24, 2.45) is 17.3 Å². The van der Waals surface area contributed by atoms with Gasteiger partial charge < -0.3 is 10.4 Å². The van der Waals surface area contributed by atoms with E-state index in [9.17, 15) is 14.7 Å². The summed E-state index contributed by atoms with van der Waals surface area (Å²) in [6.07, 6.45) is 4.58. The summed E-state index contributed by atoms with van der Waals surface area (Å²) in [6.45, 7) is 3.78. The lowest BCUT2D eigenvalue weighted by Gasteiger charge is -2.47. The zero-order valence-electron chi connectivity index (χ0n) is 12.3. The van der Waals surface area contributed by atoms with Crippen LogP contribution in [0.25, 0.3) is 0 Å².